The zero-order chi connectivity index (χ0) is 14.7. The second-order valence-electron chi connectivity index (χ2n) is 4.75. The number of benzene rings is 1. The van der Waals surface area contributed by atoms with Crippen molar-refractivity contribution in [2.75, 3.05) is 0 Å². The van der Waals surface area contributed by atoms with Gasteiger partial charge in [-0.2, -0.15) is 0 Å². The predicted molar refractivity (Wildman–Crippen MR) is 79.5 cm³/mol. The fourth-order valence-electron chi connectivity index (χ4n) is 1.97. The van der Waals surface area contributed by atoms with Crippen molar-refractivity contribution in [2.24, 2.45) is 5.73 Å². The molecule has 1 aromatic heterocycles. The van der Waals surface area contributed by atoms with Crippen LogP contribution >= 0.6 is 15.9 Å². The molecule has 7 heteroatoms. The van der Waals surface area contributed by atoms with E-state index < -0.39 is 0 Å². The van der Waals surface area contributed by atoms with Gasteiger partial charge in [0.25, 0.3) is 5.69 Å². The summed E-state index contributed by atoms with van der Waals surface area (Å²) < 4.78 is 2.52. The summed E-state index contributed by atoms with van der Waals surface area (Å²) in [6.45, 7) is 2.33. The van der Waals surface area contributed by atoms with Crippen molar-refractivity contribution >= 4 is 21.6 Å². The van der Waals surface area contributed by atoms with Crippen LogP contribution in [0.2, 0.25) is 0 Å². The van der Waals surface area contributed by atoms with Gasteiger partial charge in [-0.3, -0.25) is 10.1 Å². The Morgan fingerprint density at radius 2 is 2.30 bits per heavy atom. The SMILES string of the molecule is CC(N)Cc1cn(Cc2ccc(Br)cc2[N+](=O)[O-])cn1. The van der Waals surface area contributed by atoms with Crippen molar-refractivity contribution < 1.29 is 4.92 Å². The molecule has 2 N–H and O–H groups in total. The van der Waals surface area contributed by atoms with Crippen LogP contribution < -0.4 is 5.73 Å². The molecule has 0 saturated carbocycles. The van der Waals surface area contributed by atoms with Gasteiger partial charge < -0.3 is 10.3 Å². The van der Waals surface area contributed by atoms with Gasteiger partial charge in [-0.1, -0.05) is 15.9 Å². The molecule has 0 saturated heterocycles. The molecule has 1 unspecified atom stereocenters. The highest BCUT2D eigenvalue weighted by molar-refractivity contribution is 9.10. The molecule has 0 spiro atoms. The third-order valence-electron chi connectivity index (χ3n) is 2.81. The normalized spacial score (nSPS) is 12.3. The van der Waals surface area contributed by atoms with Gasteiger partial charge in [0.2, 0.25) is 0 Å². The molecule has 1 aromatic carbocycles. The maximum absolute atomic E-state index is 11.1. The Balaban J connectivity index is 2.21. The second-order valence-corrected chi connectivity index (χ2v) is 5.66. The summed E-state index contributed by atoms with van der Waals surface area (Å²) in [5.74, 6) is 0. The molecule has 106 valence electrons. The number of imidazole rings is 1. The summed E-state index contributed by atoms with van der Waals surface area (Å²) in [5.41, 5.74) is 7.35. The fourth-order valence-corrected chi connectivity index (χ4v) is 2.31. The minimum Gasteiger partial charge on any atom is -0.333 e. The topological polar surface area (TPSA) is 87.0 Å². The zero-order valence-electron chi connectivity index (χ0n) is 11.0. The molecular formula is C13H15BrN4O2. The summed E-state index contributed by atoms with van der Waals surface area (Å²) in [4.78, 5) is 14.9. The summed E-state index contributed by atoms with van der Waals surface area (Å²) in [6, 6.07) is 5.09. The summed E-state index contributed by atoms with van der Waals surface area (Å²) in [7, 11) is 0. The van der Waals surface area contributed by atoms with Crippen LogP contribution in [0, 0.1) is 10.1 Å². The van der Waals surface area contributed by atoms with Crippen LogP contribution in [-0.2, 0) is 13.0 Å². The van der Waals surface area contributed by atoms with Crippen LogP contribution in [-0.4, -0.2) is 20.5 Å². The lowest BCUT2D eigenvalue weighted by atomic mass is 10.2. The molecule has 0 bridgehead atoms. The number of nitrogens with zero attached hydrogens (tertiary/aromatic N) is 3. The molecule has 6 nitrogen and oxygen atoms in total. The van der Waals surface area contributed by atoms with E-state index in [0.717, 1.165) is 5.69 Å². The van der Waals surface area contributed by atoms with Crippen LogP contribution in [0.4, 0.5) is 5.69 Å². The van der Waals surface area contributed by atoms with Gasteiger partial charge in [0.1, 0.15) is 0 Å². The van der Waals surface area contributed by atoms with Crippen LogP contribution in [0.1, 0.15) is 18.2 Å². The van der Waals surface area contributed by atoms with E-state index in [4.69, 9.17) is 5.73 Å². The Kier molecular flexibility index (Phi) is 4.51. The Bertz CT molecular complexity index is 625. The average Bonchev–Trinajstić information content (AvgIpc) is 2.77. The van der Waals surface area contributed by atoms with E-state index in [1.165, 1.54) is 6.07 Å². The lowest BCUT2D eigenvalue weighted by molar-refractivity contribution is -0.385. The summed E-state index contributed by atoms with van der Waals surface area (Å²) in [5, 5.41) is 11.1. The minimum absolute atomic E-state index is 0.0420. The van der Waals surface area contributed by atoms with Crippen LogP contribution in [0.3, 0.4) is 0 Å². The first-order valence-electron chi connectivity index (χ1n) is 6.14. The smallest absolute Gasteiger partial charge is 0.275 e. The second kappa shape index (κ2) is 6.15. The highest BCUT2D eigenvalue weighted by Gasteiger charge is 2.14. The van der Waals surface area contributed by atoms with Crippen molar-refractivity contribution in [3.63, 3.8) is 0 Å². The van der Waals surface area contributed by atoms with E-state index in [2.05, 4.69) is 20.9 Å². The maximum atomic E-state index is 11.1. The van der Waals surface area contributed by atoms with Crippen molar-refractivity contribution in [1.82, 2.24) is 9.55 Å². The van der Waals surface area contributed by atoms with Crippen LogP contribution in [0.15, 0.2) is 35.2 Å². The first kappa shape index (κ1) is 14.7. The summed E-state index contributed by atoms with van der Waals surface area (Å²) >= 11 is 3.24. The number of nitro benzene ring substituents is 1. The Hall–Kier alpha value is -1.73. The van der Waals surface area contributed by atoms with Gasteiger partial charge in [-0.15, -0.1) is 0 Å². The molecular weight excluding hydrogens is 324 g/mol. The quantitative estimate of drug-likeness (QED) is 0.670. The molecule has 0 radical (unpaired) electrons. The van der Waals surface area contributed by atoms with Gasteiger partial charge in [0.05, 0.1) is 23.5 Å². The first-order valence-corrected chi connectivity index (χ1v) is 6.94. The fraction of sp³-hybridized carbons (Fsp3) is 0.308. The number of aromatic nitrogens is 2. The number of nitrogens with two attached hydrogens (primary N) is 1. The Labute approximate surface area is 124 Å². The molecule has 2 aromatic rings. The third-order valence-corrected chi connectivity index (χ3v) is 3.31. The number of halogens is 1. The number of hydrogen-bond acceptors (Lipinski definition) is 4. The summed E-state index contributed by atoms with van der Waals surface area (Å²) in [6.07, 6.45) is 4.23. The molecule has 0 fully saturated rings. The lowest BCUT2D eigenvalue weighted by Gasteiger charge is -2.04. The molecule has 0 aliphatic heterocycles. The third kappa shape index (κ3) is 3.64. The highest BCUT2D eigenvalue weighted by atomic mass is 79.9. The molecule has 2 rings (SSSR count). The standard InChI is InChI=1S/C13H15BrN4O2/c1-9(15)4-12-7-17(8-16-12)6-10-2-3-11(14)5-13(10)18(19)20/h2-3,5,7-9H,4,6,15H2,1H3. The van der Waals surface area contributed by atoms with Gasteiger partial charge in [-0.25, -0.2) is 4.98 Å². The van der Waals surface area contributed by atoms with Crippen molar-refractivity contribution in [2.45, 2.75) is 25.9 Å². The molecule has 0 aliphatic rings. The van der Waals surface area contributed by atoms with E-state index in [-0.39, 0.29) is 16.7 Å². The van der Waals surface area contributed by atoms with Crippen LogP contribution in [0.5, 0.6) is 0 Å². The first-order chi connectivity index (χ1) is 9.45. The van der Waals surface area contributed by atoms with E-state index in [9.17, 15) is 10.1 Å². The van der Waals surface area contributed by atoms with E-state index in [1.54, 1.807) is 18.5 Å². The lowest BCUT2D eigenvalue weighted by Crippen LogP contribution is -2.17. The number of nitro groups is 1. The van der Waals surface area contributed by atoms with Gasteiger partial charge >= 0.3 is 0 Å². The highest BCUT2D eigenvalue weighted by Crippen LogP contribution is 2.24. The average molecular weight is 339 g/mol. The minimum atomic E-state index is -0.375. The molecule has 1 heterocycles. The zero-order valence-corrected chi connectivity index (χ0v) is 12.6. The van der Waals surface area contributed by atoms with Crippen LogP contribution in [0.25, 0.3) is 0 Å². The van der Waals surface area contributed by atoms with E-state index >= 15 is 0 Å². The monoisotopic (exact) mass is 338 g/mol. The predicted octanol–water partition coefficient (Wildman–Crippen LogP) is 2.49. The van der Waals surface area contributed by atoms with Crippen molar-refractivity contribution in [1.29, 1.82) is 0 Å². The van der Waals surface area contributed by atoms with Crippen molar-refractivity contribution in [3.05, 3.63) is 56.6 Å². The van der Waals surface area contributed by atoms with E-state index in [0.29, 0.717) is 23.0 Å². The Morgan fingerprint density at radius 1 is 1.55 bits per heavy atom. The van der Waals surface area contributed by atoms with E-state index in [1.807, 2.05) is 17.7 Å². The van der Waals surface area contributed by atoms with Crippen molar-refractivity contribution in [3.8, 4) is 0 Å². The molecule has 0 amide bonds. The van der Waals surface area contributed by atoms with Gasteiger partial charge in [-0.05, 0) is 19.1 Å². The molecule has 0 aliphatic carbocycles. The van der Waals surface area contributed by atoms with Gasteiger partial charge in [0.15, 0.2) is 0 Å². The largest absolute Gasteiger partial charge is 0.333 e. The molecule has 20 heavy (non-hydrogen) atoms. The number of rotatable bonds is 5. The number of hydrogen-bond donors (Lipinski definition) is 1. The molecule has 1 atom stereocenters. The Morgan fingerprint density at radius 3 is 2.95 bits per heavy atom. The van der Waals surface area contributed by atoms with Gasteiger partial charge in [0, 0.05) is 34.8 Å². The maximum Gasteiger partial charge on any atom is 0.275 e.